The maximum Gasteiger partial charge on any atom is 0.306 e. The fourth-order valence-electron chi connectivity index (χ4n) is 2.65. The van der Waals surface area contributed by atoms with Crippen molar-refractivity contribution >= 4 is 29.2 Å². The summed E-state index contributed by atoms with van der Waals surface area (Å²) in [5.74, 6) is -0.981. The molecule has 0 amide bonds. The van der Waals surface area contributed by atoms with Crippen LogP contribution >= 0.6 is 23.2 Å². The molecule has 0 aliphatic rings. The van der Waals surface area contributed by atoms with Crippen LogP contribution in [0.25, 0.3) is 11.1 Å². The van der Waals surface area contributed by atoms with Gasteiger partial charge in [-0.3, -0.25) is 4.79 Å². The van der Waals surface area contributed by atoms with E-state index in [4.69, 9.17) is 27.9 Å². The van der Waals surface area contributed by atoms with Gasteiger partial charge in [-0.2, -0.15) is 0 Å². The first-order valence-electron chi connectivity index (χ1n) is 7.75. The summed E-state index contributed by atoms with van der Waals surface area (Å²) in [6.07, 6.45) is 0.115. The largest absolute Gasteiger partial charge is 0.466 e. The second-order valence-electron chi connectivity index (χ2n) is 5.70. The fourth-order valence-corrected chi connectivity index (χ4v) is 3.27. The smallest absolute Gasteiger partial charge is 0.306 e. The molecule has 0 radical (unpaired) electrons. The van der Waals surface area contributed by atoms with Crippen LogP contribution in [-0.2, 0) is 9.53 Å². The predicted octanol–water partition coefficient (Wildman–Crippen LogP) is 6.16. The number of halogens is 3. The van der Waals surface area contributed by atoms with Gasteiger partial charge in [0.25, 0.3) is 0 Å². The van der Waals surface area contributed by atoms with Crippen molar-refractivity contribution in [3.05, 3.63) is 57.3 Å². The molecule has 2 rings (SSSR count). The molecule has 0 bridgehead atoms. The summed E-state index contributed by atoms with van der Waals surface area (Å²) >= 11 is 12.5. The van der Waals surface area contributed by atoms with Crippen molar-refractivity contribution in [1.29, 1.82) is 0 Å². The second kappa shape index (κ2) is 8.00. The molecular weight excluding hydrogens is 350 g/mol. The number of benzene rings is 2. The van der Waals surface area contributed by atoms with Gasteiger partial charge in [0.15, 0.2) is 0 Å². The Morgan fingerprint density at radius 1 is 1.25 bits per heavy atom. The molecule has 0 aliphatic heterocycles. The minimum absolute atomic E-state index is 0.115. The molecule has 0 spiro atoms. The first kappa shape index (κ1) is 18.8. The average Bonchev–Trinajstić information content (AvgIpc) is 2.50. The minimum Gasteiger partial charge on any atom is -0.466 e. The monoisotopic (exact) mass is 368 g/mol. The molecule has 2 aromatic rings. The molecule has 24 heavy (non-hydrogen) atoms. The number of carbonyl (C=O) groups is 1. The third-order valence-corrected chi connectivity index (χ3v) is 4.47. The van der Waals surface area contributed by atoms with E-state index in [0.717, 1.165) is 5.56 Å². The van der Waals surface area contributed by atoms with Crippen molar-refractivity contribution in [2.75, 3.05) is 6.61 Å². The number of aryl methyl sites for hydroxylation is 1. The standard InChI is InChI=1S/C19H19Cl2FO2/c1-4-24-17(23)9-11(2)14-10-13(8-12(3)19(14)22)18-15(20)6-5-7-16(18)21/h5-8,10-11H,4,9H2,1-3H3/t11-/m0/s1. The van der Waals surface area contributed by atoms with E-state index in [1.807, 2.05) is 0 Å². The SMILES string of the molecule is CCOC(=O)C[C@H](C)c1cc(-c2c(Cl)cccc2Cl)cc(C)c1F. The highest BCUT2D eigenvalue weighted by molar-refractivity contribution is 6.39. The zero-order chi connectivity index (χ0) is 17.9. The zero-order valence-corrected chi connectivity index (χ0v) is 15.3. The van der Waals surface area contributed by atoms with Crippen LogP contribution in [0.4, 0.5) is 4.39 Å². The molecule has 0 aliphatic carbocycles. The molecule has 1 atom stereocenters. The molecular formula is C19H19Cl2FO2. The number of esters is 1. The predicted molar refractivity (Wildman–Crippen MR) is 96.3 cm³/mol. The highest BCUT2D eigenvalue weighted by Gasteiger charge is 2.20. The van der Waals surface area contributed by atoms with Crippen molar-refractivity contribution in [2.24, 2.45) is 0 Å². The van der Waals surface area contributed by atoms with E-state index >= 15 is 0 Å². The lowest BCUT2D eigenvalue weighted by Gasteiger charge is -2.17. The maximum atomic E-state index is 14.6. The Labute approximate surface area is 151 Å². The van der Waals surface area contributed by atoms with Crippen molar-refractivity contribution in [3.63, 3.8) is 0 Å². The quantitative estimate of drug-likeness (QED) is 0.590. The Hall–Kier alpha value is -1.58. The van der Waals surface area contributed by atoms with Crippen LogP contribution < -0.4 is 0 Å². The fraction of sp³-hybridized carbons (Fsp3) is 0.316. The van der Waals surface area contributed by atoms with Gasteiger partial charge >= 0.3 is 5.97 Å². The molecule has 0 saturated heterocycles. The average molecular weight is 369 g/mol. The first-order valence-corrected chi connectivity index (χ1v) is 8.50. The number of hydrogen-bond donors (Lipinski definition) is 0. The highest BCUT2D eigenvalue weighted by atomic mass is 35.5. The summed E-state index contributed by atoms with van der Waals surface area (Å²) in [6.45, 7) is 5.53. The van der Waals surface area contributed by atoms with Crippen LogP contribution in [0, 0.1) is 12.7 Å². The van der Waals surface area contributed by atoms with E-state index in [1.165, 1.54) is 0 Å². The molecule has 0 heterocycles. The van der Waals surface area contributed by atoms with Crippen LogP contribution in [0.3, 0.4) is 0 Å². The van der Waals surface area contributed by atoms with Crippen LogP contribution in [0.15, 0.2) is 30.3 Å². The van der Waals surface area contributed by atoms with E-state index in [-0.39, 0.29) is 24.1 Å². The Balaban J connectivity index is 2.47. The summed E-state index contributed by atoms with van der Waals surface area (Å²) in [4.78, 5) is 11.7. The highest BCUT2D eigenvalue weighted by Crippen LogP contribution is 2.37. The second-order valence-corrected chi connectivity index (χ2v) is 6.52. The summed E-state index contributed by atoms with van der Waals surface area (Å²) < 4.78 is 19.5. The summed E-state index contributed by atoms with van der Waals surface area (Å²) in [5, 5.41) is 0.995. The van der Waals surface area contributed by atoms with Gasteiger partial charge in [0.1, 0.15) is 5.82 Å². The lowest BCUT2D eigenvalue weighted by atomic mass is 9.91. The Morgan fingerprint density at radius 3 is 2.46 bits per heavy atom. The lowest BCUT2D eigenvalue weighted by Crippen LogP contribution is -2.10. The third-order valence-electron chi connectivity index (χ3n) is 3.84. The molecule has 128 valence electrons. The molecule has 2 nitrogen and oxygen atoms in total. The van der Waals surface area contributed by atoms with Crippen LogP contribution in [0.5, 0.6) is 0 Å². The van der Waals surface area contributed by atoms with Gasteiger partial charge in [-0.15, -0.1) is 0 Å². The Bertz CT molecular complexity index is 739. The van der Waals surface area contributed by atoms with E-state index in [0.29, 0.717) is 33.3 Å². The molecule has 0 N–H and O–H groups in total. The van der Waals surface area contributed by atoms with E-state index in [1.54, 1.807) is 51.1 Å². The topological polar surface area (TPSA) is 26.3 Å². The number of rotatable bonds is 5. The number of carbonyl (C=O) groups excluding carboxylic acids is 1. The van der Waals surface area contributed by atoms with E-state index < -0.39 is 0 Å². The Morgan fingerprint density at radius 2 is 1.88 bits per heavy atom. The molecule has 0 saturated carbocycles. The zero-order valence-electron chi connectivity index (χ0n) is 13.8. The third kappa shape index (κ3) is 4.08. The summed E-state index contributed by atoms with van der Waals surface area (Å²) in [7, 11) is 0. The summed E-state index contributed by atoms with van der Waals surface area (Å²) in [5.41, 5.74) is 2.33. The normalized spacial score (nSPS) is 12.1. The molecule has 0 aromatic heterocycles. The van der Waals surface area contributed by atoms with Gasteiger partial charge in [0.2, 0.25) is 0 Å². The summed E-state index contributed by atoms with van der Waals surface area (Å²) in [6, 6.07) is 8.66. The molecule has 5 heteroatoms. The van der Waals surface area contributed by atoms with Gasteiger partial charge in [-0.1, -0.05) is 36.2 Å². The van der Waals surface area contributed by atoms with Gasteiger partial charge < -0.3 is 4.74 Å². The van der Waals surface area contributed by atoms with Crippen molar-refractivity contribution in [1.82, 2.24) is 0 Å². The van der Waals surface area contributed by atoms with Crippen molar-refractivity contribution in [3.8, 4) is 11.1 Å². The Kier molecular flexibility index (Phi) is 6.25. The van der Waals surface area contributed by atoms with Gasteiger partial charge in [0.05, 0.1) is 13.0 Å². The van der Waals surface area contributed by atoms with Crippen LogP contribution in [0.1, 0.15) is 37.3 Å². The van der Waals surface area contributed by atoms with Crippen molar-refractivity contribution < 1.29 is 13.9 Å². The van der Waals surface area contributed by atoms with Gasteiger partial charge in [-0.25, -0.2) is 4.39 Å². The molecule has 0 unspecified atom stereocenters. The first-order chi connectivity index (χ1) is 11.3. The number of ether oxygens (including phenoxy) is 1. The maximum absolute atomic E-state index is 14.6. The minimum atomic E-state index is -0.344. The van der Waals surface area contributed by atoms with Crippen LogP contribution in [-0.4, -0.2) is 12.6 Å². The molecule has 2 aromatic carbocycles. The van der Waals surface area contributed by atoms with Gasteiger partial charge in [-0.05, 0) is 60.7 Å². The molecule has 0 fully saturated rings. The number of hydrogen-bond acceptors (Lipinski definition) is 2. The van der Waals surface area contributed by atoms with Crippen LogP contribution in [0.2, 0.25) is 10.0 Å². The van der Waals surface area contributed by atoms with Gasteiger partial charge in [0, 0.05) is 15.6 Å². The van der Waals surface area contributed by atoms with E-state index in [2.05, 4.69) is 0 Å². The van der Waals surface area contributed by atoms with E-state index in [9.17, 15) is 9.18 Å². The lowest BCUT2D eigenvalue weighted by molar-refractivity contribution is -0.143. The van der Waals surface area contributed by atoms with Crippen molar-refractivity contribution in [2.45, 2.75) is 33.1 Å².